The van der Waals surface area contributed by atoms with Gasteiger partial charge in [-0.2, -0.15) is 13.2 Å². The number of nitrogens with zero attached hydrogens (tertiary/aromatic N) is 1. The molecule has 0 saturated heterocycles. The molecule has 0 rings (SSSR count). The van der Waals surface area contributed by atoms with Gasteiger partial charge in [0.15, 0.2) is 6.10 Å². The van der Waals surface area contributed by atoms with Crippen molar-refractivity contribution < 1.29 is 18.3 Å². The minimum absolute atomic E-state index is 0.0216. The molecule has 1 atom stereocenters. The van der Waals surface area contributed by atoms with Crippen LogP contribution in [0.4, 0.5) is 13.2 Å². The highest BCUT2D eigenvalue weighted by Gasteiger charge is 2.37. The summed E-state index contributed by atoms with van der Waals surface area (Å²) in [7, 11) is 0. The van der Waals surface area contributed by atoms with Gasteiger partial charge >= 0.3 is 6.18 Å². The second kappa shape index (κ2) is 3.56. The van der Waals surface area contributed by atoms with E-state index < -0.39 is 18.8 Å². The Hall–Kier alpha value is -0.780. The topological polar surface area (TPSA) is 58.6 Å². The Bertz CT molecular complexity index is 150. The number of alkyl halides is 3. The van der Waals surface area contributed by atoms with E-state index in [2.05, 4.69) is 4.99 Å². The smallest absolute Gasteiger partial charge is 0.388 e. The van der Waals surface area contributed by atoms with Crippen LogP contribution in [-0.2, 0) is 0 Å². The molecule has 0 aromatic rings. The lowest BCUT2D eigenvalue weighted by Crippen LogP contribution is -2.31. The maximum absolute atomic E-state index is 11.5. The first-order chi connectivity index (χ1) is 4.84. The van der Waals surface area contributed by atoms with Crippen LogP contribution in [0.2, 0.25) is 0 Å². The van der Waals surface area contributed by atoms with Crippen LogP contribution in [0, 0.1) is 0 Å². The van der Waals surface area contributed by atoms with Gasteiger partial charge in [0, 0.05) is 0 Å². The number of hydrogen-bond donors (Lipinski definition) is 2. The Morgan fingerprint density at radius 1 is 1.64 bits per heavy atom. The third-order valence-corrected chi connectivity index (χ3v) is 0.891. The van der Waals surface area contributed by atoms with Crippen LogP contribution in [0.25, 0.3) is 0 Å². The van der Waals surface area contributed by atoms with Crippen molar-refractivity contribution in [1.82, 2.24) is 0 Å². The van der Waals surface area contributed by atoms with Gasteiger partial charge in [-0.15, -0.1) is 0 Å². The van der Waals surface area contributed by atoms with Gasteiger partial charge in [-0.3, -0.25) is 4.99 Å². The van der Waals surface area contributed by atoms with Crippen molar-refractivity contribution in [1.29, 1.82) is 0 Å². The van der Waals surface area contributed by atoms with E-state index in [0.29, 0.717) is 0 Å². The Labute approximate surface area is 61.7 Å². The van der Waals surface area contributed by atoms with E-state index in [1.807, 2.05) is 0 Å². The van der Waals surface area contributed by atoms with Gasteiger partial charge in [0.25, 0.3) is 0 Å². The standard InChI is InChI=1S/C5H9F3N2O/c1-3(9)10-2-4(11)5(6,7)8/h4,11H,2H2,1H3,(H2,9,10). The summed E-state index contributed by atoms with van der Waals surface area (Å²) in [5.74, 6) is 0.0216. The molecule has 0 radical (unpaired) electrons. The number of hydrogen-bond acceptors (Lipinski definition) is 2. The Balaban J connectivity index is 3.89. The van der Waals surface area contributed by atoms with Gasteiger partial charge in [-0.1, -0.05) is 0 Å². The van der Waals surface area contributed by atoms with Crippen molar-refractivity contribution >= 4 is 5.84 Å². The van der Waals surface area contributed by atoms with Crippen LogP contribution in [-0.4, -0.2) is 29.8 Å². The van der Waals surface area contributed by atoms with Crippen LogP contribution in [0.3, 0.4) is 0 Å². The fraction of sp³-hybridized carbons (Fsp3) is 0.800. The zero-order chi connectivity index (χ0) is 9.07. The van der Waals surface area contributed by atoms with Crippen LogP contribution >= 0.6 is 0 Å². The van der Waals surface area contributed by atoms with Gasteiger partial charge in [-0.05, 0) is 6.92 Å². The highest BCUT2D eigenvalue weighted by atomic mass is 19.4. The Morgan fingerprint density at radius 2 is 2.09 bits per heavy atom. The summed E-state index contributed by atoms with van der Waals surface area (Å²) < 4.78 is 34.6. The summed E-state index contributed by atoms with van der Waals surface area (Å²) in [5.41, 5.74) is 4.96. The van der Waals surface area contributed by atoms with Crippen molar-refractivity contribution in [2.24, 2.45) is 10.7 Å². The Morgan fingerprint density at radius 3 is 2.36 bits per heavy atom. The first-order valence-corrected chi connectivity index (χ1v) is 2.85. The second-order valence-electron chi connectivity index (χ2n) is 2.04. The maximum atomic E-state index is 11.5. The lowest BCUT2D eigenvalue weighted by Gasteiger charge is -2.11. The van der Waals surface area contributed by atoms with Gasteiger partial charge in [-0.25, -0.2) is 0 Å². The van der Waals surface area contributed by atoms with Crippen molar-refractivity contribution in [3.05, 3.63) is 0 Å². The van der Waals surface area contributed by atoms with Gasteiger partial charge in [0.1, 0.15) is 0 Å². The molecule has 3 N–H and O–H groups in total. The summed E-state index contributed by atoms with van der Waals surface area (Å²) in [5, 5.41) is 8.35. The summed E-state index contributed by atoms with van der Waals surface area (Å²) in [6, 6.07) is 0. The molecule has 0 aromatic carbocycles. The Kier molecular flexibility index (Phi) is 3.31. The molecule has 0 aliphatic rings. The molecule has 0 saturated carbocycles. The fourth-order valence-corrected chi connectivity index (χ4v) is 0.334. The average molecular weight is 170 g/mol. The van der Waals surface area contributed by atoms with E-state index in [0.717, 1.165) is 0 Å². The van der Waals surface area contributed by atoms with Crippen molar-refractivity contribution in [2.45, 2.75) is 19.2 Å². The third-order valence-electron chi connectivity index (χ3n) is 0.891. The molecule has 0 bridgehead atoms. The van der Waals surface area contributed by atoms with E-state index in [4.69, 9.17) is 10.8 Å². The summed E-state index contributed by atoms with van der Waals surface area (Å²) in [6.45, 7) is 0.620. The van der Waals surface area contributed by atoms with Gasteiger partial charge in [0.05, 0.1) is 12.4 Å². The van der Waals surface area contributed by atoms with E-state index in [1.54, 1.807) is 0 Å². The molecule has 0 aliphatic carbocycles. The quantitative estimate of drug-likeness (QED) is 0.462. The normalized spacial score (nSPS) is 16.6. The number of nitrogens with two attached hydrogens (primary N) is 1. The van der Waals surface area contributed by atoms with Crippen LogP contribution in [0.5, 0.6) is 0 Å². The summed E-state index contributed by atoms with van der Waals surface area (Å²) in [4.78, 5) is 3.22. The van der Waals surface area contributed by atoms with Crippen LogP contribution in [0.15, 0.2) is 4.99 Å². The van der Waals surface area contributed by atoms with Crippen molar-refractivity contribution in [2.75, 3.05) is 6.54 Å². The predicted octanol–water partition coefficient (Wildman–Crippen LogP) is 0.287. The van der Waals surface area contributed by atoms with Crippen LogP contribution in [0.1, 0.15) is 6.92 Å². The minimum atomic E-state index is -4.61. The molecule has 66 valence electrons. The number of aliphatic hydroxyl groups is 1. The lowest BCUT2D eigenvalue weighted by molar-refractivity contribution is -0.199. The zero-order valence-electron chi connectivity index (χ0n) is 5.89. The zero-order valence-corrected chi connectivity index (χ0v) is 5.89. The van der Waals surface area contributed by atoms with E-state index >= 15 is 0 Å². The minimum Gasteiger partial charge on any atom is -0.388 e. The molecule has 0 fully saturated rings. The van der Waals surface area contributed by atoms with Crippen molar-refractivity contribution in [3.8, 4) is 0 Å². The van der Waals surface area contributed by atoms with Gasteiger partial charge < -0.3 is 10.8 Å². The third kappa shape index (κ3) is 4.60. The second-order valence-corrected chi connectivity index (χ2v) is 2.04. The summed E-state index contributed by atoms with van der Waals surface area (Å²) in [6.07, 6.45) is -7.03. The molecule has 0 spiro atoms. The largest absolute Gasteiger partial charge is 0.416 e. The molecular formula is C5H9F3N2O. The van der Waals surface area contributed by atoms with Crippen LogP contribution < -0.4 is 5.73 Å². The average Bonchev–Trinajstić information content (AvgIpc) is 1.80. The first kappa shape index (κ1) is 10.2. The number of halogens is 3. The van der Waals surface area contributed by atoms with E-state index in [9.17, 15) is 13.2 Å². The lowest BCUT2D eigenvalue weighted by atomic mass is 10.3. The fourth-order valence-electron chi connectivity index (χ4n) is 0.334. The SMILES string of the molecule is CC(N)=NCC(O)C(F)(F)F. The first-order valence-electron chi connectivity index (χ1n) is 2.85. The number of amidine groups is 1. The molecule has 6 heteroatoms. The molecule has 0 aromatic heterocycles. The van der Waals surface area contributed by atoms with Gasteiger partial charge in [0.2, 0.25) is 0 Å². The molecule has 1 unspecified atom stereocenters. The van der Waals surface area contributed by atoms with E-state index in [-0.39, 0.29) is 5.84 Å². The number of rotatable bonds is 2. The molecule has 11 heavy (non-hydrogen) atoms. The summed E-state index contributed by atoms with van der Waals surface area (Å²) >= 11 is 0. The predicted molar refractivity (Wildman–Crippen MR) is 34.2 cm³/mol. The van der Waals surface area contributed by atoms with E-state index in [1.165, 1.54) is 6.92 Å². The highest BCUT2D eigenvalue weighted by Crippen LogP contribution is 2.19. The highest BCUT2D eigenvalue weighted by molar-refractivity contribution is 5.77. The maximum Gasteiger partial charge on any atom is 0.416 e. The molecule has 0 amide bonds. The molecular weight excluding hydrogens is 161 g/mol. The number of aliphatic imine (C=N–C) groups is 1. The molecule has 0 heterocycles. The van der Waals surface area contributed by atoms with Crippen molar-refractivity contribution in [3.63, 3.8) is 0 Å². The monoisotopic (exact) mass is 170 g/mol. The molecule has 0 aliphatic heterocycles. The molecule has 3 nitrogen and oxygen atoms in total. The number of aliphatic hydroxyl groups excluding tert-OH is 1.